The number of benzene rings is 1. The van der Waals surface area contributed by atoms with Crippen molar-refractivity contribution < 1.29 is 18.0 Å². The number of hydrogen-bond acceptors (Lipinski definition) is 2. The molecule has 6 heteroatoms. The summed E-state index contributed by atoms with van der Waals surface area (Å²) in [4.78, 5) is 11.8. The van der Waals surface area contributed by atoms with Gasteiger partial charge in [-0.3, -0.25) is 10.2 Å². The lowest BCUT2D eigenvalue weighted by Crippen LogP contribution is -2.49. The third kappa shape index (κ3) is 5.21. The van der Waals surface area contributed by atoms with Crippen molar-refractivity contribution >= 4 is 5.91 Å². The molecule has 0 aliphatic carbocycles. The fourth-order valence-electron chi connectivity index (χ4n) is 3.18. The van der Waals surface area contributed by atoms with Crippen molar-refractivity contribution in [1.29, 1.82) is 0 Å². The van der Waals surface area contributed by atoms with Gasteiger partial charge in [0.2, 0.25) is 5.91 Å². The molecule has 1 saturated heterocycles. The maximum absolute atomic E-state index is 13.4. The summed E-state index contributed by atoms with van der Waals surface area (Å²) in [6.45, 7) is 5.49. The van der Waals surface area contributed by atoms with Gasteiger partial charge >= 0.3 is 6.18 Å². The first-order chi connectivity index (χ1) is 11.6. The van der Waals surface area contributed by atoms with Gasteiger partial charge in [-0.15, -0.1) is 0 Å². The third-order valence-electron chi connectivity index (χ3n) is 4.77. The number of halogens is 3. The molecule has 2 rings (SSSR count). The summed E-state index contributed by atoms with van der Waals surface area (Å²) in [6, 6.07) is 6.56. The van der Waals surface area contributed by atoms with Gasteiger partial charge in [-0.1, -0.05) is 37.6 Å². The van der Waals surface area contributed by atoms with Crippen LogP contribution in [-0.4, -0.2) is 29.7 Å². The van der Waals surface area contributed by atoms with Gasteiger partial charge in [0.1, 0.15) is 6.04 Å². The maximum Gasteiger partial charge on any atom is 0.405 e. The Labute approximate surface area is 147 Å². The third-order valence-corrected chi connectivity index (χ3v) is 4.77. The van der Waals surface area contributed by atoms with E-state index in [0.717, 1.165) is 17.9 Å². The van der Waals surface area contributed by atoms with Crippen LogP contribution in [0, 0.1) is 5.41 Å². The monoisotopic (exact) mass is 356 g/mol. The zero-order chi connectivity index (χ0) is 18.7. The normalized spacial score (nSPS) is 19.0. The summed E-state index contributed by atoms with van der Waals surface area (Å²) >= 11 is 0. The minimum Gasteiger partial charge on any atom is -0.288 e. The lowest BCUT2D eigenvalue weighted by molar-refractivity contribution is -0.190. The zero-order valence-corrected chi connectivity index (χ0v) is 15.1. The second-order valence-electron chi connectivity index (χ2n) is 7.43. The van der Waals surface area contributed by atoms with Crippen LogP contribution in [-0.2, 0) is 17.6 Å². The van der Waals surface area contributed by atoms with E-state index in [2.05, 4.69) is 24.5 Å². The molecule has 1 aliphatic heterocycles. The van der Waals surface area contributed by atoms with E-state index in [1.54, 1.807) is 13.8 Å². The Bertz CT molecular complexity index is 599. The first-order valence-corrected chi connectivity index (χ1v) is 8.86. The summed E-state index contributed by atoms with van der Waals surface area (Å²) in [6.07, 6.45) is -1.47. The molecule has 0 spiro atoms. The highest BCUT2D eigenvalue weighted by Gasteiger charge is 2.49. The smallest absolute Gasteiger partial charge is 0.288 e. The Balaban J connectivity index is 1.90. The van der Waals surface area contributed by atoms with Gasteiger partial charge in [-0.05, 0) is 50.7 Å². The largest absolute Gasteiger partial charge is 0.405 e. The number of nitrogens with one attached hydrogen (secondary N) is 1. The first kappa shape index (κ1) is 19.8. The molecule has 1 aliphatic rings. The number of rotatable bonds is 7. The second-order valence-corrected chi connectivity index (χ2v) is 7.43. The molecule has 25 heavy (non-hydrogen) atoms. The SMILES string of the molecule is CCc1cccc(CCCC[C@H](N2CC(C)(C)C(=O)N2)C(F)(F)F)c1. The summed E-state index contributed by atoms with van der Waals surface area (Å²) in [7, 11) is 0. The molecule has 1 aromatic carbocycles. The summed E-state index contributed by atoms with van der Waals surface area (Å²) in [5.74, 6) is -0.349. The van der Waals surface area contributed by atoms with E-state index >= 15 is 0 Å². The van der Waals surface area contributed by atoms with Crippen molar-refractivity contribution in [3.8, 4) is 0 Å². The molecular weight excluding hydrogens is 329 g/mol. The highest BCUT2D eigenvalue weighted by Crippen LogP contribution is 2.33. The molecule has 1 N–H and O–H groups in total. The van der Waals surface area contributed by atoms with Crippen LogP contribution in [0.25, 0.3) is 0 Å². The molecule has 0 radical (unpaired) electrons. The number of unbranched alkanes of at least 4 members (excludes halogenated alkanes) is 1. The minimum absolute atomic E-state index is 0.00662. The molecule has 0 aromatic heterocycles. The Hall–Kier alpha value is -1.56. The van der Waals surface area contributed by atoms with Crippen LogP contribution < -0.4 is 5.43 Å². The molecule has 1 aromatic rings. The number of alkyl halides is 3. The number of amides is 1. The van der Waals surface area contributed by atoms with Crippen molar-refractivity contribution in [3.05, 3.63) is 35.4 Å². The molecular formula is C19H27F3N2O. The van der Waals surface area contributed by atoms with Gasteiger partial charge in [0.05, 0.1) is 5.41 Å². The predicted octanol–water partition coefficient (Wildman–Crippen LogP) is 4.27. The van der Waals surface area contributed by atoms with Gasteiger partial charge < -0.3 is 0 Å². The molecule has 1 atom stereocenters. The lowest BCUT2D eigenvalue weighted by Gasteiger charge is -2.29. The molecule has 1 fully saturated rings. The van der Waals surface area contributed by atoms with E-state index in [-0.39, 0.29) is 18.9 Å². The number of carbonyl (C=O) groups excluding carboxylic acids is 1. The quantitative estimate of drug-likeness (QED) is 0.740. The molecule has 0 unspecified atom stereocenters. The predicted molar refractivity (Wildman–Crippen MR) is 91.8 cm³/mol. The van der Waals surface area contributed by atoms with Crippen LogP contribution in [0.2, 0.25) is 0 Å². The topological polar surface area (TPSA) is 32.3 Å². The van der Waals surface area contributed by atoms with Crippen molar-refractivity contribution in [1.82, 2.24) is 10.4 Å². The van der Waals surface area contributed by atoms with Gasteiger partial charge in [0, 0.05) is 6.54 Å². The summed E-state index contributed by atoms with van der Waals surface area (Å²) < 4.78 is 40.2. The van der Waals surface area contributed by atoms with E-state index in [4.69, 9.17) is 0 Å². The summed E-state index contributed by atoms with van der Waals surface area (Å²) in [5, 5.41) is 1.07. The Morgan fingerprint density at radius 3 is 2.48 bits per heavy atom. The number of hydrogen-bond donors (Lipinski definition) is 1. The number of carbonyl (C=O) groups is 1. The highest BCUT2D eigenvalue weighted by molar-refractivity contribution is 5.83. The Kier molecular flexibility index (Phi) is 6.14. The van der Waals surface area contributed by atoms with E-state index in [1.165, 1.54) is 11.1 Å². The number of aryl methyl sites for hydroxylation is 2. The molecule has 0 bridgehead atoms. The van der Waals surface area contributed by atoms with Crippen LogP contribution in [0.5, 0.6) is 0 Å². The fourth-order valence-corrected chi connectivity index (χ4v) is 3.18. The molecule has 1 heterocycles. The van der Waals surface area contributed by atoms with Crippen LogP contribution in [0.4, 0.5) is 13.2 Å². The number of hydrazine groups is 1. The average Bonchev–Trinajstić information content (AvgIpc) is 2.79. The standard InChI is InChI=1S/C19H27F3N2O/c1-4-14-9-7-10-15(12-14)8-5-6-11-16(19(20,21)22)24-13-18(2,3)17(25)23-24/h7,9-10,12,16H,4-6,8,11,13H2,1-3H3,(H,23,25)/t16-/m0/s1. The van der Waals surface area contributed by atoms with Crippen LogP contribution in [0.15, 0.2) is 24.3 Å². The first-order valence-electron chi connectivity index (χ1n) is 8.86. The van der Waals surface area contributed by atoms with Crippen LogP contribution in [0.3, 0.4) is 0 Å². The molecule has 1 amide bonds. The van der Waals surface area contributed by atoms with E-state index in [1.807, 2.05) is 12.1 Å². The molecule has 0 saturated carbocycles. The maximum atomic E-state index is 13.4. The van der Waals surface area contributed by atoms with Gasteiger partial charge in [-0.25, -0.2) is 5.01 Å². The van der Waals surface area contributed by atoms with Crippen molar-refractivity contribution in [2.75, 3.05) is 6.54 Å². The van der Waals surface area contributed by atoms with Crippen molar-refractivity contribution in [2.45, 2.75) is 65.1 Å². The average molecular weight is 356 g/mol. The number of nitrogens with zero attached hydrogens (tertiary/aromatic N) is 1. The molecule has 3 nitrogen and oxygen atoms in total. The van der Waals surface area contributed by atoms with E-state index in [0.29, 0.717) is 12.8 Å². The van der Waals surface area contributed by atoms with Gasteiger partial charge in [0.25, 0.3) is 0 Å². The van der Waals surface area contributed by atoms with E-state index in [9.17, 15) is 18.0 Å². The van der Waals surface area contributed by atoms with Crippen molar-refractivity contribution in [3.63, 3.8) is 0 Å². The zero-order valence-electron chi connectivity index (χ0n) is 15.1. The highest BCUT2D eigenvalue weighted by atomic mass is 19.4. The Morgan fingerprint density at radius 1 is 1.24 bits per heavy atom. The Morgan fingerprint density at radius 2 is 1.92 bits per heavy atom. The van der Waals surface area contributed by atoms with Gasteiger partial charge in [-0.2, -0.15) is 13.2 Å². The minimum atomic E-state index is -4.35. The lowest BCUT2D eigenvalue weighted by atomic mass is 9.94. The van der Waals surface area contributed by atoms with Crippen LogP contribution >= 0.6 is 0 Å². The second kappa shape index (κ2) is 7.77. The molecule has 140 valence electrons. The summed E-state index contributed by atoms with van der Waals surface area (Å²) in [5.41, 5.74) is 4.02. The van der Waals surface area contributed by atoms with Crippen molar-refractivity contribution in [2.24, 2.45) is 5.41 Å². The van der Waals surface area contributed by atoms with E-state index < -0.39 is 17.6 Å². The van der Waals surface area contributed by atoms with Crippen LogP contribution in [0.1, 0.15) is 51.2 Å². The van der Waals surface area contributed by atoms with Gasteiger partial charge in [0.15, 0.2) is 0 Å². The fraction of sp³-hybridized carbons (Fsp3) is 0.632.